The highest BCUT2D eigenvalue weighted by Crippen LogP contribution is 2.19. The molecule has 1 aliphatic rings. The molecule has 5 nitrogen and oxygen atoms in total. The molecule has 22 heavy (non-hydrogen) atoms. The number of hydrogen-bond acceptors (Lipinski definition) is 4. The minimum atomic E-state index is -0.541. The number of hydrogen-bond donors (Lipinski definition) is 1. The molecule has 0 spiro atoms. The molecule has 0 aliphatic carbocycles. The number of imide groups is 1. The van der Waals surface area contributed by atoms with Gasteiger partial charge in [-0.25, -0.2) is 0 Å². The predicted octanol–water partition coefficient (Wildman–Crippen LogP) is 2.49. The molecular weight excluding hydrogens is 418 g/mol. The molecule has 0 bridgehead atoms. The van der Waals surface area contributed by atoms with Gasteiger partial charge in [0, 0.05) is 22.3 Å². The number of carbonyl (C=O) groups is 3. The van der Waals surface area contributed by atoms with Crippen LogP contribution in [-0.4, -0.2) is 17.8 Å². The Hall–Kier alpha value is -1.47. The van der Waals surface area contributed by atoms with Crippen molar-refractivity contribution in [1.29, 1.82) is 0 Å². The van der Waals surface area contributed by atoms with E-state index in [9.17, 15) is 14.4 Å². The number of carbonyl (C=O) groups excluding carboxylic acids is 3. The van der Waals surface area contributed by atoms with Gasteiger partial charge < -0.3 is 4.74 Å². The van der Waals surface area contributed by atoms with E-state index in [1.807, 2.05) is 18.2 Å². The van der Waals surface area contributed by atoms with Crippen LogP contribution in [0.25, 0.3) is 0 Å². The van der Waals surface area contributed by atoms with E-state index in [-0.39, 0.29) is 18.6 Å². The summed E-state index contributed by atoms with van der Waals surface area (Å²) in [4.78, 5) is 34.1. The molecule has 0 unspecified atom stereocenters. The molecule has 1 aliphatic heterocycles. The molecule has 0 atom stereocenters. The van der Waals surface area contributed by atoms with Gasteiger partial charge in [-0.15, -0.1) is 0 Å². The van der Waals surface area contributed by atoms with Crippen LogP contribution in [0.5, 0.6) is 0 Å². The molecule has 0 fully saturated rings. The lowest BCUT2D eigenvalue weighted by Crippen LogP contribution is -2.23. The minimum absolute atomic E-state index is 0.130. The summed E-state index contributed by atoms with van der Waals surface area (Å²) in [7, 11) is 0. The van der Waals surface area contributed by atoms with Crippen LogP contribution in [0.1, 0.15) is 23.1 Å². The second-order valence-corrected chi connectivity index (χ2v) is 5.82. The Morgan fingerprint density at radius 2 is 1.91 bits per heavy atom. The fraction of sp³-hybridized carbons (Fsp3) is 0.267. The fourth-order valence-electron chi connectivity index (χ4n) is 1.98. The third-order valence-electron chi connectivity index (χ3n) is 3.13. The lowest BCUT2D eigenvalue weighted by Gasteiger charge is -2.10. The number of amides is 2. The third kappa shape index (κ3) is 4.27. The van der Waals surface area contributed by atoms with E-state index in [1.54, 1.807) is 0 Å². The monoisotopic (exact) mass is 429 g/mol. The molecule has 7 heteroatoms. The van der Waals surface area contributed by atoms with Gasteiger partial charge in [0.1, 0.15) is 6.61 Å². The SMILES string of the molecule is O=C1C=C(CC(=O)OCc2ccc(CBr)cc2CBr)C(=O)N1. The molecule has 1 aromatic rings. The first-order chi connectivity index (χ1) is 10.5. The zero-order chi connectivity index (χ0) is 16.1. The molecule has 0 saturated carbocycles. The first-order valence-electron chi connectivity index (χ1n) is 6.47. The van der Waals surface area contributed by atoms with Crippen molar-refractivity contribution in [3.63, 3.8) is 0 Å². The average molecular weight is 431 g/mol. The number of halogens is 2. The number of ether oxygens (including phenoxy) is 1. The molecule has 0 aromatic heterocycles. The number of esters is 1. The van der Waals surface area contributed by atoms with E-state index in [4.69, 9.17) is 4.74 Å². The van der Waals surface area contributed by atoms with E-state index >= 15 is 0 Å². The molecule has 1 N–H and O–H groups in total. The van der Waals surface area contributed by atoms with Crippen LogP contribution in [0, 0.1) is 0 Å². The Morgan fingerprint density at radius 3 is 2.50 bits per heavy atom. The quantitative estimate of drug-likeness (QED) is 0.427. The summed E-state index contributed by atoms with van der Waals surface area (Å²) in [6.45, 7) is 0.130. The van der Waals surface area contributed by atoms with Crippen molar-refractivity contribution in [2.75, 3.05) is 0 Å². The summed E-state index contributed by atoms with van der Waals surface area (Å²) in [5, 5.41) is 3.50. The number of benzene rings is 1. The minimum Gasteiger partial charge on any atom is -0.461 e. The van der Waals surface area contributed by atoms with Crippen molar-refractivity contribution in [1.82, 2.24) is 5.32 Å². The maximum Gasteiger partial charge on any atom is 0.310 e. The molecule has 116 valence electrons. The Morgan fingerprint density at radius 1 is 1.14 bits per heavy atom. The van der Waals surface area contributed by atoms with Gasteiger partial charge >= 0.3 is 5.97 Å². The fourth-order valence-corrected chi connectivity index (χ4v) is 2.85. The molecule has 2 amide bonds. The van der Waals surface area contributed by atoms with E-state index in [2.05, 4.69) is 37.2 Å². The lowest BCUT2D eigenvalue weighted by atomic mass is 10.1. The standard InChI is InChI=1S/C15H13Br2NO4/c16-6-9-1-2-10(12(3-9)7-17)8-22-14(20)5-11-4-13(19)18-15(11)21/h1-4H,5-8H2,(H,18,19,21). The maximum absolute atomic E-state index is 11.8. The highest BCUT2D eigenvalue weighted by molar-refractivity contribution is 9.08. The van der Waals surface area contributed by atoms with Gasteiger partial charge in [0.25, 0.3) is 11.8 Å². The van der Waals surface area contributed by atoms with Gasteiger partial charge in [0.05, 0.1) is 6.42 Å². The summed E-state index contributed by atoms with van der Waals surface area (Å²) >= 11 is 6.80. The van der Waals surface area contributed by atoms with Crippen LogP contribution in [0.15, 0.2) is 29.8 Å². The van der Waals surface area contributed by atoms with Crippen LogP contribution >= 0.6 is 31.9 Å². The van der Waals surface area contributed by atoms with Crippen molar-refractivity contribution >= 4 is 49.6 Å². The highest BCUT2D eigenvalue weighted by Gasteiger charge is 2.23. The van der Waals surface area contributed by atoms with Gasteiger partial charge in [-0.2, -0.15) is 0 Å². The molecule has 0 saturated heterocycles. The van der Waals surface area contributed by atoms with Crippen LogP contribution < -0.4 is 5.32 Å². The summed E-state index contributed by atoms with van der Waals surface area (Å²) in [5.74, 6) is -1.58. The number of alkyl halides is 2. The topological polar surface area (TPSA) is 72.5 Å². The number of rotatable bonds is 6. The average Bonchev–Trinajstić information content (AvgIpc) is 2.82. The van der Waals surface area contributed by atoms with Crippen molar-refractivity contribution in [3.8, 4) is 0 Å². The van der Waals surface area contributed by atoms with E-state index in [0.29, 0.717) is 5.33 Å². The first kappa shape index (κ1) is 16.9. The second-order valence-electron chi connectivity index (χ2n) is 4.70. The maximum atomic E-state index is 11.8. The number of nitrogens with one attached hydrogen (secondary N) is 1. The lowest BCUT2D eigenvalue weighted by molar-refractivity contribution is -0.144. The largest absolute Gasteiger partial charge is 0.461 e. The molecule has 1 aromatic carbocycles. The van der Waals surface area contributed by atoms with Crippen LogP contribution in [0.3, 0.4) is 0 Å². The smallest absolute Gasteiger partial charge is 0.310 e. The van der Waals surface area contributed by atoms with Crippen molar-refractivity contribution in [2.45, 2.75) is 23.7 Å². The zero-order valence-corrected chi connectivity index (χ0v) is 14.7. The van der Waals surface area contributed by atoms with Gasteiger partial charge in [-0.1, -0.05) is 50.1 Å². The predicted molar refractivity (Wildman–Crippen MR) is 87.3 cm³/mol. The molecule has 2 rings (SSSR count). The summed E-state index contributed by atoms with van der Waals surface area (Å²) in [5.41, 5.74) is 3.20. The molecular formula is C15H13Br2NO4. The van der Waals surface area contributed by atoms with Crippen molar-refractivity contribution < 1.29 is 19.1 Å². The second kappa shape index (κ2) is 7.69. The van der Waals surface area contributed by atoms with Gasteiger partial charge in [-0.05, 0) is 16.7 Å². The van der Waals surface area contributed by atoms with E-state index in [0.717, 1.165) is 28.1 Å². The van der Waals surface area contributed by atoms with Crippen molar-refractivity contribution in [2.24, 2.45) is 0 Å². The summed E-state index contributed by atoms with van der Waals surface area (Å²) < 4.78 is 5.19. The van der Waals surface area contributed by atoms with Crippen LogP contribution in [0.2, 0.25) is 0 Å². The highest BCUT2D eigenvalue weighted by atomic mass is 79.9. The summed E-state index contributed by atoms with van der Waals surface area (Å²) in [6, 6.07) is 5.89. The van der Waals surface area contributed by atoms with E-state index < -0.39 is 17.8 Å². The summed E-state index contributed by atoms with van der Waals surface area (Å²) in [6.07, 6.45) is 0.916. The Balaban J connectivity index is 1.95. The first-order valence-corrected chi connectivity index (χ1v) is 8.72. The van der Waals surface area contributed by atoms with Gasteiger partial charge in [0.2, 0.25) is 0 Å². The van der Waals surface area contributed by atoms with Crippen LogP contribution in [-0.2, 0) is 36.4 Å². The normalized spacial score (nSPS) is 13.8. The van der Waals surface area contributed by atoms with Gasteiger partial charge in [0.15, 0.2) is 0 Å². The van der Waals surface area contributed by atoms with E-state index in [1.165, 1.54) is 0 Å². The zero-order valence-electron chi connectivity index (χ0n) is 11.5. The Bertz CT molecular complexity index is 655. The van der Waals surface area contributed by atoms with Crippen molar-refractivity contribution in [3.05, 3.63) is 46.5 Å². The Labute approximate surface area is 144 Å². The van der Waals surface area contributed by atoms with Crippen LogP contribution in [0.4, 0.5) is 0 Å². The molecule has 0 radical (unpaired) electrons. The third-order valence-corrected chi connectivity index (χ3v) is 4.38. The van der Waals surface area contributed by atoms with Gasteiger partial charge in [-0.3, -0.25) is 19.7 Å². The Kier molecular flexibility index (Phi) is 5.90. The molecule has 1 heterocycles.